The first-order valence-electron chi connectivity index (χ1n) is 5.55. The van der Waals surface area contributed by atoms with Crippen LogP contribution in [-0.2, 0) is 18.2 Å². The predicted molar refractivity (Wildman–Crippen MR) is 57.6 cm³/mol. The van der Waals surface area contributed by atoms with Crippen LogP contribution in [0.2, 0.25) is 0 Å². The molecule has 2 nitrogen and oxygen atoms in total. The van der Waals surface area contributed by atoms with Crippen molar-refractivity contribution in [3.63, 3.8) is 0 Å². The minimum atomic E-state index is 0.619. The Bertz CT molecular complexity index is 297. The smallest absolute Gasteiger partial charge is 0.0549 e. The van der Waals surface area contributed by atoms with Gasteiger partial charge in [0.15, 0.2) is 0 Å². The zero-order valence-electron chi connectivity index (χ0n) is 9.12. The van der Waals surface area contributed by atoms with Crippen LogP contribution in [0.25, 0.3) is 0 Å². The summed E-state index contributed by atoms with van der Waals surface area (Å²) in [7, 11) is 2.17. The molecule has 0 amide bonds. The Balaban J connectivity index is 2.18. The highest BCUT2D eigenvalue weighted by atomic mass is 16.5. The Kier molecular flexibility index (Phi) is 2.92. The fourth-order valence-corrected chi connectivity index (χ4v) is 2.31. The molecule has 78 valence electrons. The van der Waals surface area contributed by atoms with Gasteiger partial charge in [-0.25, -0.2) is 0 Å². The molecule has 0 spiro atoms. The van der Waals surface area contributed by atoms with E-state index in [1.165, 1.54) is 24.2 Å². The van der Waals surface area contributed by atoms with Crippen LogP contribution in [0.5, 0.6) is 0 Å². The maximum absolute atomic E-state index is 5.52. The third-order valence-electron chi connectivity index (χ3n) is 3.21. The molecule has 2 heteroatoms. The molecule has 1 unspecified atom stereocenters. The lowest BCUT2D eigenvalue weighted by Gasteiger charge is -2.23. The monoisotopic (exact) mass is 193 g/mol. The Morgan fingerprint density at radius 2 is 2.36 bits per heavy atom. The van der Waals surface area contributed by atoms with Crippen molar-refractivity contribution in [3.05, 3.63) is 23.5 Å². The summed E-state index contributed by atoms with van der Waals surface area (Å²) in [5.41, 5.74) is 2.87. The lowest BCUT2D eigenvalue weighted by molar-refractivity contribution is 0.0785. The average Bonchev–Trinajstić information content (AvgIpc) is 2.61. The van der Waals surface area contributed by atoms with Crippen molar-refractivity contribution < 1.29 is 4.74 Å². The zero-order chi connectivity index (χ0) is 9.97. The Labute approximate surface area is 85.9 Å². The summed E-state index contributed by atoms with van der Waals surface area (Å²) in [6.45, 7) is 4.05. The number of nitrogens with zero attached hydrogens (tertiary/aromatic N) is 1. The van der Waals surface area contributed by atoms with Crippen LogP contribution >= 0.6 is 0 Å². The van der Waals surface area contributed by atoms with Crippen LogP contribution in [0.1, 0.15) is 37.1 Å². The minimum Gasteiger partial charge on any atom is -0.381 e. The van der Waals surface area contributed by atoms with Gasteiger partial charge in [-0.3, -0.25) is 0 Å². The third kappa shape index (κ3) is 1.71. The molecule has 2 heterocycles. The average molecular weight is 193 g/mol. The SMILES string of the molecule is CCc1ccc(C2CCCOC2)n1C. The van der Waals surface area contributed by atoms with E-state index >= 15 is 0 Å². The largest absolute Gasteiger partial charge is 0.381 e. The molecular formula is C12H19NO. The van der Waals surface area contributed by atoms with Crippen LogP contribution in [-0.4, -0.2) is 17.8 Å². The second-order valence-corrected chi connectivity index (χ2v) is 4.08. The van der Waals surface area contributed by atoms with Crippen molar-refractivity contribution in [1.82, 2.24) is 4.57 Å². The molecule has 0 bridgehead atoms. The van der Waals surface area contributed by atoms with E-state index in [1.54, 1.807) is 0 Å². The van der Waals surface area contributed by atoms with Crippen molar-refractivity contribution in [2.75, 3.05) is 13.2 Å². The number of ether oxygens (including phenoxy) is 1. The molecule has 1 aromatic heterocycles. The molecule has 0 N–H and O–H groups in total. The quantitative estimate of drug-likeness (QED) is 0.704. The molecule has 0 aliphatic carbocycles. The van der Waals surface area contributed by atoms with Gasteiger partial charge in [-0.15, -0.1) is 0 Å². The summed E-state index contributed by atoms with van der Waals surface area (Å²) in [6.07, 6.45) is 3.60. The van der Waals surface area contributed by atoms with Gasteiger partial charge in [0.25, 0.3) is 0 Å². The fraction of sp³-hybridized carbons (Fsp3) is 0.667. The fourth-order valence-electron chi connectivity index (χ4n) is 2.31. The summed E-state index contributed by atoms with van der Waals surface area (Å²) < 4.78 is 7.85. The molecule has 0 saturated carbocycles. The maximum atomic E-state index is 5.52. The topological polar surface area (TPSA) is 14.2 Å². The second kappa shape index (κ2) is 4.18. The molecule has 0 radical (unpaired) electrons. The molecule has 1 aliphatic rings. The molecule has 1 saturated heterocycles. The van der Waals surface area contributed by atoms with Crippen molar-refractivity contribution in [1.29, 1.82) is 0 Å². The van der Waals surface area contributed by atoms with Gasteiger partial charge in [-0.1, -0.05) is 6.92 Å². The summed E-state index contributed by atoms with van der Waals surface area (Å²) in [5, 5.41) is 0. The van der Waals surface area contributed by atoms with Crippen molar-refractivity contribution in [3.8, 4) is 0 Å². The van der Waals surface area contributed by atoms with E-state index < -0.39 is 0 Å². The normalized spacial score (nSPS) is 22.6. The number of aryl methyl sites for hydroxylation is 1. The van der Waals surface area contributed by atoms with Gasteiger partial charge >= 0.3 is 0 Å². The standard InChI is InChI=1S/C12H19NO/c1-3-11-6-7-12(13(11)2)10-5-4-8-14-9-10/h6-7,10H,3-5,8-9H2,1-2H3. The second-order valence-electron chi connectivity index (χ2n) is 4.08. The van der Waals surface area contributed by atoms with Crippen molar-refractivity contribution >= 4 is 0 Å². The van der Waals surface area contributed by atoms with Crippen molar-refractivity contribution in [2.45, 2.75) is 32.1 Å². The lowest BCUT2D eigenvalue weighted by Crippen LogP contribution is -2.18. The molecule has 1 aromatic rings. The Hall–Kier alpha value is -0.760. The van der Waals surface area contributed by atoms with Crippen LogP contribution in [0.3, 0.4) is 0 Å². The Morgan fingerprint density at radius 1 is 1.50 bits per heavy atom. The van der Waals surface area contributed by atoms with E-state index in [4.69, 9.17) is 4.74 Å². The molecule has 1 atom stereocenters. The van der Waals surface area contributed by atoms with E-state index in [0.29, 0.717) is 5.92 Å². The van der Waals surface area contributed by atoms with Gasteiger partial charge in [-0.05, 0) is 31.4 Å². The molecule has 0 aromatic carbocycles. The van der Waals surface area contributed by atoms with Crippen LogP contribution < -0.4 is 0 Å². The number of rotatable bonds is 2. The summed E-state index contributed by atoms with van der Waals surface area (Å²) >= 11 is 0. The van der Waals surface area contributed by atoms with E-state index in [2.05, 4.69) is 30.7 Å². The minimum absolute atomic E-state index is 0.619. The molecule has 14 heavy (non-hydrogen) atoms. The zero-order valence-corrected chi connectivity index (χ0v) is 9.12. The first-order chi connectivity index (χ1) is 6.83. The molecular weight excluding hydrogens is 174 g/mol. The first-order valence-corrected chi connectivity index (χ1v) is 5.55. The van der Waals surface area contributed by atoms with E-state index in [-0.39, 0.29) is 0 Å². The van der Waals surface area contributed by atoms with Gasteiger partial charge in [0, 0.05) is 31.0 Å². The lowest BCUT2D eigenvalue weighted by atomic mass is 9.99. The first kappa shape index (κ1) is 9.78. The van der Waals surface area contributed by atoms with Gasteiger partial charge in [0.05, 0.1) is 6.61 Å². The van der Waals surface area contributed by atoms with Gasteiger partial charge < -0.3 is 9.30 Å². The summed E-state index contributed by atoms with van der Waals surface area (Å²) in [5.74, 6) is 0.619. The van der Waals surface area contributed by atoms with Crippen LogP contribution in [0.4, 0.5) is 0 Å². The Morgan fingerprint density at radius 3 is 2.93 bits per heavy atom. The van der Waals surface area contributed by atoms with E-state index in [9.17, 15) is 0 Å². The van der Waals surface area contributed by atoms with Crippen molar-refractivity contribution in [2.24, 2.45) is 7.05 Å². The highest BCUT2D eigenvalue weighted by molar-refractivity contribution is 5.20. The summed E-state index contributed by atoms with van der Waals surface area (Å²) in [4.78, 5) is 0. The highest BCUT2D eigenvalue weighted by Gasteiger charge is 2.18. The van der Waals surface area contributed by atoms with Crippen LogP contribution in [0.15, 0.2) is 12.1 Å². The van der Waals surface area contributed by atoms with Gasteiger partial charge in [0.2, 0.25) is 0 Å². The highest BCUT2D eigenvalue weighted by Crippen LogP contribution is 2.26. The van der Waals surface area contributed by atoms with Crippen LogP contribution in [0, 0.1) is 0 Å². The number of aromatic nitrogens is 1. The molecule has 1 aliphatic heterocycles. The third-order valence-corrected chi connectivity index (χ3v) is 3.21. The van der Waals surface area contributed by atoms with Gasteiger partial charge in [-0.2, -0.15) is 0 Å². The number of hydrogen-bond donors (Lipinski definition) is 0. The van der Waals surface area contributed by atoms with Gasteiger partial charge in [0.1, 0.15) is 0 Å². The summed E-state index contributed by atoms with van der Waals surface area (Å²) in [6, 6.07) is 4.50. The van der Waals surface area contributed by atoms with E-state index in [1.807, 2.05) is 0 Å². The molecule has 1 fully saturated rings. The number of hydrogen-bond acceptors (Lipinski definition) is 1. The predicted octanol–water partition coefficient (Wildman–Crippen LogP) is 2.48. The molecule has 2 rings (SSSR count). The van der Waals surface area contributed by atoms with E-state index in [0.717, 1.165) is 19.6 Å². The maximum Gasteiger partial charge on any atom is 0.0549 e.